The summed E-state index contributed by atoms with van der Waals surface area (Å²) in [4.78, 5) is 0. The molecule has 172 valence electrons. The molecule has 0 aliphatic heterocycles. The zero-order valence-corrected chi connectivity index (χ0v) is 20.4. The molecule has 0 heterocycles. The standard InChI is InChI=1S/C16H36N.C6H15NO3S/c1-5-9-13-17(14-10-6-2,15-11-7-3)16-12-8-4;1-2-4-7-5-3-6-11(8,9)10/h5-16H2,1-4H3;7H,2-6H2,1H3,(H,8,9,10)/q+1;/p-1. The molecule has 0 aromatic heterocycles. The Morgan fingerprint density at radius 2 is 1.04 bits per heavy atom. The molecule has 0 spiro atoms. The molecule has 5 nitrogen and oxygen atoms in total. The number of quaternary nitrogens is 1. The van der Waals surface area contributed by atoms with E-state index in [-0.39, 0.29) is 5.75 Å². The van der Waals surface area contributed by atoms with Gasteiger partial charge in [-0.05, 0) is 51.6 Å². The van der Waals surface area contributed by atoms with E-state index in [9.17, 15) is 13.0 Å². The van der Waals surface area contributed by atoms with Gasteiger partial charge in [-0.25, -0.2) is 8.42 Å². The second-order valence-corrected chi connectivity index (χ2v) is 9.54. The van der Waals surface area contributed by atoms with Crippen LogP contribution in [-0.4, -0.2) is 62.5 Å². The van der Waals surface area contributed by atoms with E-state index in [1.54, 1.807) is 0 Å². The molecule has 0 radical (unpaired) electrons. The van der Waals surface area contributed by atoms with Crippen molar-refractivity contribution in [3.63, 3.8) is 0 Å². The molecular weight excluding hydrogens is 372 g/mol. The highest BCUT2D eigenvalue weighted by atomic mass is 32.2. The number of nitrogens with one attached hydrogen (secondary N) is 1. The summed E-state index contributed by atoms with van der Waals surface area (Å²) in [6, 6.07) is 0. The highest BCUT2D eigenvalue weighted by Gasteiger charge is 2.24. The third kappa shape index (κ3) is 20.6. The Kier molecular flexibility index (Phi) is 21.6. The monoisotopic (exact) mass is 422 g/mol. The second kappa shape index (κ2) is 20.1. The molecule has 0 unspecified atom stereocenters. The molecule has 0 atom stereocenters. The molecule has 0 bridgehead atoms. The molecule has 0 saturated carbocycles. The minimum absolute atomic E-state index is 0.260. The number of rotatable bonds is 18. The van der Waals surface area contributed by atoms with Gasteiger partial charge in [-0.1, -0.05) is 60.3 Å². The fourth-order valence-corrected chi connectivity index (χ4v) is 3.82. The molecule has 0 amide bonds. The molecule has 0 aliphatic carbocycles. The summed E-state index contributed by atoms with van der Waals surface area (Å²) in [5, 5.41) is 3.00. The fourth-order valence-electron chi connectivity index (χ4n) is 3.32. The maximum atomic E-state index is 10.1. The third-order valence-corrected chi connectivity index (χ3v) is 5.91. The Bertz CT molecular complexity index is 376. The minimum atomic E-state index is -4.00. The molecule has 6 heteroatoms. The van der Waals surface area contributed by atoms with Crippen LogP contribution < -0.4 is 5.32 Å². The van der Waals surface area contributed by atoms with Gasteiger partial charge in [-0.2, -0.15) is 0 Å². The summed E-state index contributed by atoms with van der Waals surface area (Å²) in [5.74, 6) is -0.260. The highest BCUT2D eigenvalue weighted by Crippen LogP contribution is 2.16. The second-order valence-electron chi connectivity index (χ2n) is 8.02. The van der Waals surface area contributed by atoms with E-state index >= 15 is 0 Å². The van der Waals surface area contributed by atoms with Gasteiger partial charge in [0.25, 0.3) is 0 Å². The van der Waals surface area contributed by atoms with E-state index in [0.717, 1.165) is 13.0 Å². The summed E-state index contributed by atoms with van der Waals surface area (Å²) in [6.07, 6.45) is 12.5. The molecule has 0 fully saturated rings. The van der Waals surface area contributed by atoms with Crippen LogP contribution in [0.3, 0.4) is 0 Å². The largest absolute Gasteiger partial charge is 0.748 e. The molecule has 28 heavy (non-hydrogen) atoms. The third-order valence-electron chi connectivity index (χ3n) is 5.12. The van der Waals surface area contributed by atoms with Gasteiger partial charge >= 0.3 is 0 Å². The molecule has 0 aromatic rings. The molecule has 0 aromatic carbocycles. The van der Waals surface area contributed by atoms with Gasteiger partial charge in [-0.3, -0.25) is 0 Å². The Morgan fingerprint density at radius 1 is 0.643 bits per heavy atom. The van der Waals surface area contributed by atoms with E-state index in [1.807, 2.05) is 6.92 Å². The summed E-state index contributed by atoms with van der Waals surface area (Å²) in [7, 11) is -4.00. The first kappa shape index (κ1) is 30.0. The minimum Gasteiger partial charge on any atom is -0.748 e. The van der Waals surface area contributed by atoms with Crippen molar-refractivity contribution in [2.24, 2.45) is 0 Å². The van der Waals surface area contributed by atoms with Crippen LogP contribution in [0.15, 0.2) is 0 Å². The Hall–Kier alpha value is -0.170. The average Bonchev–Trinajstić information content (AvgIpc) is 2.66. The first-order valence-corrected chi connectivity index (χ1v) is 13.4. The zero-order valence-electron chi connectivity index (χ0n) is 19.6. The van der Waals surface area contributed by atoms with Gasteiger partial charge in [0, 0.05) is 5.75 Å². The first-order chi connectivity index (χ1) is 13.3. The van der Waals surface area contributed by atoms with Gasteiger partial charge in [0.2, 0.25) is 0 Å². The van der Waals surface area contributed by atoms with Crippen LogP contribution >= 0.6 is 0 Å². The molecule has 1 N–H and O–H groups in total. The zero-order chi connectivity index (χ0) is 21.7. The maximum Gasteiger partial charge on any atom is 0.0946 e. The molecule has 0 aliphatic rings. The van der Waals surface area contributed by atoms with Gasteiger partial charge < -0.3 is 14.4 Å². The highest BCUT2D eigenvalue weighted by molar-refractivity contribution is 7.85. The SMILES string of the molecule is CCCC[N+](CCCC)(CCCC)CCCC.CCCNCCCS(=O)(=O)[O-]. The van der Waals surface area contributed by atoms with E-state index in [1.165, 1.54) is 82.0 Å². The number of nitrogens with zero attached hydrogens (tertiary/aromatic N) is 1. The number of hydrogen-bond acceptors (Lipinski definition) is 4. The number of hydrogen-bond donors (Lipinski definition) is 1. The smallest absolute Gasteiger partial charge is 0.0946 e. The van der Waals surface area contributed by atoms with Crippen LogP contribution in [0.5, 0.6) is 0 Å². The Balaban J connectivity index is 0. The van der Waals surface area contributed by atoms with Crippen molar-refractivity contribution >= 4 is 10.1 Å². The van der Waals surface area contributed by atoms with Gasteiger partial charge in [0.05, 0.1) is 36.3 Å². The summed E-state index contributed by atoms with van der Waals surface area (Å²) in [5.41, 5.74) is 0. The van der Waals surface area contributed by atoms with E-state index in [4.69, 9.17) is 0 Å². The summed E-state index contributed by atoms with van der Waals surface area (Å²) < 4.78 is 31.7. The lowest BCUT2D eigenvalue weighted by atomic mass is 10.1. The van der Waals surface area contributed by atoms with Crippen molar-refractivity contribution in [2.45, 2.75) is 98.8 Å². The molecular formula is C22H50N2O3S. The van der Waals surface area contributed by atoms with Crippen LogP contribution in [0, 0.1) is 0 Å². The van der Waals surface area contributed by atoms with Gasteiger partial charge in [0.15, 0.2) is 0 Å². The van der Waals surface area contributed by atoms with Crippen molar-refractivity contribution in [3.05, 3.63) is 0 Å². The normalized spacial score (nSPS) is 11.9. The maximum absolute atomic E-state index is 10.1. The predicted molar refractivity (Wildman–Crippen MR) is 122 cm³/mol. The lowest BCUT2D eigenvalue weighted by Gasteiger charge is -2.39. The van der Waals surface area contributed by atoms with Crippen molar-refractivity contribution in [2.75, 3.05) is 45.0 Å². The Labute approximate surface area is 177 Å². The quantitative estimate of drug-likeness (QED) is 0.193. The van der Waals surface area contributed by atoms with E-state index in [2.05, 4.69) is 33.0 Å². The van der Waals surface area contributed by atoms with Crippen molar-refractivity contribution in [3.8, 4) is 0 Å². The lowest BCUT2D eigenvalue weighted by molar-refractivity contribution is -0.929. The van der Waals surface area contributed by atoms with Crippen LogP contribution in [0.25, 0.3) is 0 Å². The molecule has 0 saturated heterocycles. The molecule has 0 rings (SSSR count). The van der Waals surface area contributed by atoms with Crippen molar-refractivity contribution in [1.82, 2.24) is 5.32 Å². The summed E-state index contributed by atoms with van der Waals surface area (Å²) >= 11 is 0. The fraction of sp³-hybridized carbons (Fsp3) is 1.00. The average molecular weight is 423 g/mol. The Morgan fingerprint density at radius 3 is 1.32 bits per heavy atom. The van der Waals surface area contributed by atoms with Gasteiger partial charge in [-0.15, -0.1) is 0 Å². The predicted octanol–water partition coefficient (Wildman–Crippen LogP) is 4.92. The van der Waals surface area contributed by atoms with Crippen LogP contribution in [0.1, 0.15) is 98.8 Å². The van der Waals surface area contributed by atoms with Crippen LogP contribution in [0.2, 0.25) is 0 Å². The van der Waals surface area contributed by atoms with Crippen molar-refractivity contribution in [1.29, 1.82) is 0 Å². The van der Waals surface area contributed by atoms with E-state index < -0.39 is 10.1 Å². The van der Waals surface area contributed by atoms with Crippen LogP contribution in [0.4, 0.5) is 0 Å². The topological polar surface area (TPSA) is 69.2 Å². The first-order valence-electron chi connectivity index (χ1n) is 11.8. The van der Waals surface area contributed by atoms with E-state index in [0.29, 0.717) is 13.0 Å². The number of unbranched alkanes of at least 4 members (excludes halogenated alkanes) is 4. The summed E-state index contributed by atoms with van der Waals surface area (Å²) in [6.45, 7) is 18.5. The van der Waals surface area contributed by atoms with Gasteiger partial charge in [0.1, 0.15) is 0 Å². The van der Waals surface area contributed by atoms with Crippen molar-refractivity contribution < 1.29 is 17.5 Å². The van der Waals surface area contributed by atoms with Crippen LogP contribution in [-0.2, 0) is 10.1 Å². The lowest BCUT2D eigenvalue weighted by Crippen LogP contribution is -2.50.